The molecule has 83 heavy (non-hydrogen) atoms. The molecule has 2 rings (SSSR count). The Bertz CT molecular complexity index is 2630. The molecule has 0 heterocycles. The van der Waals surface area contributed by atoms with E-state index in [0.717, 1.165) is 5.56 Å². The number of amides is 7. The number of aliphatic hydroxyl groups excluding tert-OH is 2. The summed E-state index contributed by atoms with van der Waals surface area (Å²) < 4.78 is 38.7. The Kier molecular flexibility index (Phi) is 30.7. The number of nitrogens with one attached hydrogen (secondary N) is 8. The molecule has 0 radical (unpaired) electrons. The fourth-order valence-electron chi connectivity index (χ4n) is 7.56. The number of aliphatic hydroxyl groups is 2. The topological polar surface area (TPSA) is 465 Å². The second kappa shape index (κ2) is 35.8. The Morgan fingerprint density at radius 3 is 1.57 bits per heavy atom. The van der Waals surface area contributed by atoms with Crippen LogP contribution >= 0.6 is 0 Å². The molecule has 2 aromatic carbocycles. The average Bonchev–Trinajstić information content (AvgIpc) is 3.40. The van der Waals surface area contributed by atoms with E-state index in [2.05, 4.69) is 46.9 Å². The van der Waals surface area contributed by atoms with Gasteiger partial charge in [0.1, 0.15) is 54.5 Å². The van der Waals surface area contributed by atoms with Crippen LogP contribution in [0.5, 0.6) is 0 Å². The number of hydrogen-bond acceptors (Lipinski definition) is 17. The molecular formula is C53H81N11O18S. The SMILES string of the molecule is Cc1ccc(S(=O)(=O)NCCCC[C@H](NC(=O)[C@H](CO)NC(=O)[C@H](CCCN=C(N)N)NC(=O)[C@H](CC(C)C)NC(=O)[C@H](CO)NC(=O)[C@H](CCC(=O)OCc2ccccc2)NC(=O)OC(C)(C)C)C(=O)N[C@@H](CCC(=O)O)C(=O)O)cc1. The van der Waals surface area contributed by atoms with Crippen LogP contribution in [0.25, 0.3) is 0 Å². The van der Waals surface area contributed by atoms with Crippen molar-refractivity contribution in [3.63, 3.8) is 0 Å². The van der Waals surface area contributed by atoms with Gasteiger partial charge in [0.15, 0.2) is 5.96 Å². The number of alkyl carbamates (subject to hydrolysis) is 1. The molecule has 0 aromatic heterocycles. The molecular weight excluding hydrogens is 1110 g/mol. The highest BCUT2D eigenvalue weighted by molar-refractivity contribution is 7.89. The second-order valence-electron chi connectivity index (χ2n) is 20.7. The van der Waals surface area contributed by atoms with Crippen LogP contribution in [0.15, 0.2) is 64.5 Å². The van der Waals surface area contributed by atoms with E-state index in [-0.39, 0.29) is 87.8 Å². The Morgan fingerprint density at radius 2 is 1.07 bits per heavy atom. The Hall–Kier alpha value is -7.96. The number of guanidine groups is 1. The van der Waals surface area contributed by atoms with E-state index in [0.29, 0.717) is 5.56 Å². The van der Waals surface area contributed by atoms with Crippen LogP contribution in [-0.2, 0) is 69.3 Å². The number of esters is 1. The third kappa shape index (κ3) is 28.5. The molecule has 462 valence electrons. The van der Waals surface area contributed by atoms with Crippen LogP contribution in [0.3, 0.4) is 0 Å². The fraction of sp³-hybridized carbons (Fsp3) is 0.566. The van der Waals surface area contributed by atoms with Crippen molar-refractivity contribution in [2.24, 2.45) is 22.4 Å². The van der Waals surface area contributed by atoms with Gasteiger partial charge in [0.2, 0.25) is 45.5 Å². The van der Waals surface area contributed by atoms with Crippen molar-refractivity contribution in [2.45, 2.75) is 165 Å². The number of carboxylic acids is 2. The summed E-state index contributed by atoms with van der Waals surface area (Å²) in [7, 11) is -3.94. The number of aliphatic imine (C=N–C) groups is 1. The van der Waals surface area contributed by atoms with E-state index < -0.39 is 143 Å². The monoisotopic (exact) mass is 1190 g/mol. The van der Waals surface area contributed by atoms with Crippen LogP contribution in [0.2, 0.25) is 0 Å². The van der Waals surface area contributed by atoms with Crippen LogP contribution in [0.4, 0.5) is 4.79 Å². The number of benzene rings is 2. The molecule has 0 aliphatic carbocycles. The second-order valence-corrected chi connectivity index (χ2v) is 22.4. The number of carbonyl (C=O) groups is 10. The van der Waals surface area contributed by atoms with Gasteiger partial charge in [0.25, 0.3) is 0 Å². The van der Waals surface area contributed by atoms with E-state index in [9.17, 15) is 71.7 Å². The summed E-state index contributed by atoms with van der Waals surface area (Å²) in [6.07, 6.45) is -3.42. The van der Waals surface area contributed by atoms with Gasteiger partial charge in [-0.1, -0.05) is 61.9 Å². The fourth-order valence-corrected chi connectivity index (χ4v) is 8.64. The molecule has 0 aliphatic rings. The van der Waals surface area contributed by atoms with Gasteiger partial charge in [0.05, 0.1) is 18.1 Å². The summed E-state index contributed by atoms with van der Waals surface area (Å²) in [6.45, 7) is 7.46. The van der Waals surface area contributed by atoms with Gasteiger partial charge in [-0.3, -0.25) is 43.3 Å². The minimum absolute atomic E-state index is 0.00529. The standard InChI is InChI=1S/C53H81N11O18S/c1-31(2)27-39(61-49(75)41(29-66)63-46(72)37(64-52(78)82-53(4,5)6)22-24-43(69)81-30-33-13-8-7-9-14-33)47(73)58-36(16-12-25-56-51(54)55)45(71)62-40(28-65)48(74)59-35(44(70)60-38(50(76)77)21-23-42(67)68)15-10-11-26-57-83(79,80)34-19-17-32(3)18-20-34/h7-9,13-14,17-20,31,35-41,57,65-66H,10-12,15-16,21-30H2,1-6H3,(H,58,73)(H,59,74)(H,60,70)(H,61,75)(H,62,71)(H,63,72)(H,64,78)(H,67,68)(H,76,77)(H4,54,55,56)/t35-,36-,37-,38-,39-,40-,41-/m0/s1. The molecule has 2 aromatic rings. The van der Waals surface area contributed by atoms with Crippen LogP contribution in [0, 0.1) is 12.8 Å². The molecule has 0 spiro atoms. The summed E-state index contributed by atoms with van der Waals surface area (Å²) in [5, 5.41) is 56.1. The molecule has 0 saturated carbocycles. The van der Waals surface area contributed by atoms with Gasteiger partial charge in [0, 0.05) is 25.9 Å². The van der Waals surface area contributed by atoms with E-state index in [1.165, 1.54) is 12.1 Å². The third-order valence-electron chi connectivity index (χ3n) is 11.9. The van der Waals surface area contributed by atoms with Gasteiger partial charge in [-0.05, 0) is 103 Å². The molecule has 16 N–H and O–H groups in total. The van der Waals surface area contributed by atoms with Crippen molar-refractivity contribution >= 4 is 75.4 Å². The maximum absolute atomic E-state index is 14.1. The minimum Gasteiger partial charge on any atom is -0.481 e. The zero-order valence-electron chi connectivity index (χ0n) is 47.4. The molecule has 7 amide bonds. The number of aryl methyl sites for hydroxylation is 1. The van der Waals surface area contributed by atoms with Gasteiger partial charge in [-0.25, -0.2) is 22.7 Å². The first-order chi connectivity index (χ1) is 38.9. The maximum Gasteiger partial charge on any atom is 0.408 e. The molecule has 0 fully saturated rings. The highest BCUT2D eigenvalue weighted by atomic mass is 32.2. The number of rotatable bonds is 37. The first kappa shape index (κ1) is 71.1. The molecule has 7 atom stereocenters. The predicted molar refractivity (Wildman–Crippen MR) is 298 cm³/mol. The molecule has 30 heteroatoms. The van der Waals surface area contributed by atoms with E-state index in [4.69, 9.17) is 26.0 Å². The van der Waals surface area contributed by atoms with Crippen molar-refractivity contribution in [2.75, 3.05) is 26.3 Å². The zero-order chi connectivity index (χ0) is 62.5. The molecule has 0 saturated heterocycles. The molecule has 0 bridgehead atoms. The molecule has 0 aliphatic heterocycles. The lowest BCUT2D eigenvalue weighted by molar-refractivity contribution is -0.145. The third-order valence-corrected chi connectivity index (χ3v) is 13.4. The van der Waals surface area contributed by atoms with Crippen LogP contribution in [-0.4, -0.2) is 168 Å². The average molecular weight is 1190 g/mol. The number of carboxylic acid groups (broad SMARTS) is 2. The number of aliphatic carboxylic acids is 2. The molecule has 29 nitrogen and oxygen atoms in total. The van der Waals surface area contributed by atoms with Gasteiger partial charge >= 0.3 is 24.0 Å². The predicted octanol–water partition coefficient (Wildman–Crippen LogP) is -1.20. The quantitative estimate of drug-likeness (QED) is 0.0164. The van der Waals surface area contributed by atoms with E-state index in [1.807, 2.05) is 0 Å². The van der Waals surface area contributed by atoms with Crippen molar-refractivity contribution < 1.29 is 86.3 Å². The Morgan fingerprint density at radius 1 is 0.602 bits per heavy atom. The van der Waals surface area contributed by atoms with Gasteiger partial charge in [-0.15, -0.1) is 0 Å². The number of sulfonamides is 1. The van der Waals surface area contributed by atoms with Crippen molar-refractivity contribution in [3.05, 3.63) is 65.7 Å². The summed E-state index contributed by atoms with van der Waals surface area (Å²) in [4.78, 5) is 136. The summed E-state index contributed by atoms with van der Waals surface area (Å²) in [5.41, 5.74) is 11.4. The zero-order valence-corrected chi connectivity index (χ0v) is 48.3. The van der Waals surface area contributed by atoms with Crippen molar-refractivity contribution in [1.82, 2.24) is 41.9 Å². The number of ether oxygens (including phenoxy) is 2. The lowest BCUT2D eigenvalue weighted by Gasteiger charge is -2.28. The first-order valence-corrected chi connectivity index (χ1v) is 28.2. The molecule has 0 unspecified atom stereocenters. The first-order valence-electron chi connectivity index (χ1n) is 26.7. The lowest BCUT2D eigenvalue weighted by Crippen LogP contribution is -2.61. The number of hydrogen-bond donors (Lipinski definition) is 14. The van der Waals surface area contributed by atoms with Crippen molar-refractivity contribution in [1.29, 1.82) is 0 Å². The lowest BCUT2D eigenvalue weighted by atomic mass is 10.0. The van der Waals surface area contributed by atoms with Gasteiger partial charge in [-0.2, -0.15) is 0 Å². The van der Waals surface area contributed by atoms with Gasteiger partial charge < -0.3 is 78.6 Å². The Balaban J connectivity index is 2.35. The van der Waals surface area contributed by atoms with Crippen LogP contribution in [0.1, 0.15) is 110 Å². The summed E-state index contributed by atoms with van der Waals surface area (Å²) in [6, 6.07) is 3.27. The number of unbranched alkanes of at least 4 members (excludes halogenated alkanes) is 1. The number of nitrogens with two attached hydrogens (primary N) is 2. The summed E-state index contributed by atoms with van der Waals surface area (Å²) >= 11 is 0. The van der Waals surface area contributed by atoms with E-state index >= 15 is 0 Å². The van der Waals surface area contributed by atoms with Crippen LogP contribution < -0.4 is 53.4 Å². The highest BCUT2D eigenvalue weighted by Crippen LogP contribution is 2.14. The number of nitrogens with zero attached hydrogens (tertiary/aromatic N) is 1. The van der Waals surface area contributed by atoms with Crippen molar-refractivity contribution in [3.8, 4) is 0 Å². The largest absolute Gasteiger partial charge is 0.481 e. The Labute approximate surface area is 481 Å². The maximum atomic E-state index is 14.1. The smallest absolute Gasteiger partial charge is 0.408 e. The normalized spacial score (nSPS) is 13.9. The van der Waals surface area contributed by atoms with E-state index in [1.54, 1.807) is 84.0 Å². The minimum atomic E-state index is -3.94. The number of carbonyl (C=O) groups excluding carboxylic acids is 8. The summed E-state index contributed by atoms with van der Waals surface area (Å²) in [5.74, 6) is -10.8. The highest BCUT2D eigenvalue weighted by Gasteiger charge is 2.35.